The average Bonchev–Trinajstić information content (AvgIpc) is 2.94. The van der Waals surface area contributed by atoms with E-state index in [4.69, 9.17) is 9.47 Å². The summed E-state index contributed by atoms with van der Waals surface area (Å²) in [7, 11) is 2.91. The van der Waals surface area contributed by atoms with Crippen molar-refractivity contribution in [2.45, 2.75) is 17.3 Å². The summed E-state index contributed by atoms with van der Waals surface area (Å²) in [5.74, 6) is 0.219. The first kappa shape index (κ1) is 14.3. The maximum atomic E-state index is 11.4. The quantitative estimate of drug-likeness (QED) is 0.608. The second-order valence-electron chi connectivity index (χ2n) is 3.83. The van der Waals surface area contributed by atoms with Crippen LogP contribution in [0, 0.1) is 0 Å². The molecule has 0 spiro atoms. The van der Waals surface area contributed by atoms with Crippen molar-refractivity contribution in [2.75, 3.05) is 14.2 Å². The molecule has 0 saturated carbocycles. The van der Waals surface area contributed by atoms with Crippen LogP contribution in [-0.4, -0.2) is 45.2 Å². The first-order valence-corrected chi connectivity index (χ1v) is 6.68. The Labute approximate surface area is 120 Å². The summed E-state index contributed by atoms with van der Waals surface area (Å²) in [5, 5.41) is 8.09. The Bertz CT molecular complexity index is 585. The van der Waals surface area contributed by atoms with Crippen molar-refractivity contribution in [1.29, 1.82) is 0 Å². The molecule has 0 N–H and O–H groups in total. The molecule has 20 heavy (non-hydrogen) atoms. The van der Waals surface area contributed by atoms with Crippen molar-refractivity contribution in [2.24, 2.45) is 0 Å². The van der Waals surface area contributed by atoms with E-state index < -0.39 is 0 Å². The van der Waals surface area contributed by atoms with E-state index in [2.05, 4.69) is 15.2 Å². The van der Waals surface area contributed by atoms with Crippen molar-refractivity contribution in [1.82, 2.24) is 19.7 Å². The Hall–Kier alpha value is -2.09. The second-order valence-corrected chi connectivity index (χ2v) is 5.13. The molecular weight excluding hydrogens is 280 g/mol. The van der Waals surface area contributed by atoms with Gasteiger partial charge in [-0.25, -0.2) is 4.98 Å². The Morgan fingerprint density at radius 2 is 2.20 bits per heavy atom. The van der Waals surface area contributed by atoms with Crippen LogP contribution in [0.5, 0.6) is 5.88 Å². The molecule has 2 aromatic rings. The van der Waals surface area contributed by atoms with Gasteiger partial charge in [0.15, 0.2) is 5.16 Å². The highest BCUT2D eigenvalue weighted by Gasteiger charge is 2.18. The van der Waals surface area contributed by atoms with Crippen LogP contribution < -0.4 is 4.74 Å². The van der Waals surface area contributed by atoms with Gasteiger partial charge >= 0.3 is 5.97 Å². The number of pyridine rings is 1. The average molecular weight is 294 g/mol. The predicted molar refractivity (Wildman–Crippen MR) is 73.0 cm³/mol. The third-order valence-electron chi connectivity index (χ3n) is 2.54. The number of thioether (sulfide) groups is 1. The fourth-order valence-corrected chi connectivity index (χ4v) is 2.36. The summed E-state index contributed by atoms with van der Waals surface area (Å²) in [6, 6.07) is 3.58. The fourth-order valence-electron chi connectivity index (χ4n) is 1.49. The molecule has 2 rings (SSSR count). The van der Waals surface area contributed by atoms with Crippen LogP contribution in [0.2, 0.25) is 0 Å². The highest BCUT2D eigenvalue weighted by Crippen LogP contribution is 2.24. The highest BCUT2D eigenvalue weighted by molar-refractivity contribution is 8.00. The molecule has 8 heteroatoms. The van der Waals surface area contributed by atoms with Crippen molar-refractivity contribution < 1.29 is 14.3 Å². The van der Waals surface area contributed by atoms with Gasteiger partial charge in [0.25, 0.3) is 0 Å². The number of esters is 1. The zero-order valence-corrected chi connectivity index (χ0v) is 12.1. The molecule has 0 aliphatic heterocycles. The molecule has 0 aliphatic carbocycles. The zero-order valence-electron chi connectivity index (χ0n) is 11.3. The van der Waals surface area contributed by atoms with E-state index in [-0.39, 0.29) is 11.2 Å². The molecule has 0 aromatic carbocycles. The van der Waals surface area contributed by atoms with Crippen molar-refractivity contribution in [3.63, 3.8) is 0 Å². The van der Waals surface area contributed by atoms with Crippen molar-refractivity contribution >= 4 is 17.7 Å². The standard InChI is InChI=1S/C12H14N4O3S/c1-8(11(17)19-3)20-12-15-14-7-16(12)9-4-5-10(18-2)13-6-9/h4-8H,1-3H3/t8-/m0/s1. The Morgan fingerprint density at radius 1 is 1.40 bits per heavy atom. The first-order valence-electron chi connectivity index (χ1n) is 5.80. The fraction of sp³-hybridized carbons (Fsp3) is 0.333. The molecule has 2 aromatic heterocycles. The monoisotopic (exact) mass is 294 g/mol. The Morgan fingerprint density at radius 3 is 2.80 bits per heavy atom. The van der Waals surface area contributed by atoms with Gasteiger partial charge in [0.2, 0.25) is 5.88 Å². The van der Waals surface area contributed by atoms with Crippen molar-refractivity contribution in [3.8, 4) is 11.6 Å². The van der Waals surface area contributed by atoms with Crippen molar-refractivity contribution in [3.05, 3.63) is 24.7 Å². The van der Waals surface area contributed by atoms with Gasteiger partial charge in [0.05, 0.1) is 26.1 Å². The SMILES string of the molecule is COC(=O)[C@H](C)Sc1nncn1-c1ccc(OC)nc1. The second kappa shape index (κ2) is 6.38. The van der Waals surface area contributed by atoms with E-state index in [9.17, 15) is 4.79 Å². The van der Waals surface area contributed by atoms with E-state index >= 15 is 0 Å². The summed E-state index contributed by atoms with van der Waals surface area (Å²) in [6.07, 6.45) is 3.21. The van der Waals surface area contributed by atoms with Crippen LogP contribution in [0.3, 0.4) is 0 Å². The maximum Gasteiger partial charge on any atom is 0.318 e. The molecule has 0 radical (unpaired) electrons. The molecule has 0 amide bonds. The van der Waals surface area contributed by atoms with E-state index in [0.717, 1.165) is 5.69 Å². The molecule has 0 saturated heterocycles. The topological polar surface area (TPSA) is 79.1 Å². The zero-order chi connectivity index (χ0) is 14.5. The largest absolute Gasteiger partial charge is 0.481 e. The number of rotatable bonds is 5. The highest BCUT2D eigenvalue weighted by atomic mass is 32.2. The summed E-state index contributed by atoms with van der Waals surface area (Å²) in [5.41, 5.74) is 0.787. The number of nitrogens with zero attached hydrogens (tertiary/aromatic N) is 4. The molecule has 0 unspecified atom stereocenters. The number of aromatic nitrogens is 4. The van der Waals surface area contributed by atoms with Gasteiger partial charge in [-0.15, -0.1) is 10.2 Å². The lowest BCUT2D eigenvalue weighted by Crippen LogP contribution is -2.15. The number of hydrogen-bond acceptors (Lipinski definition) is 7. The molecule has 1 atom stereocenters. The third-order valence-corrected chi connectivity index (χ3v) is 3.57. The first-order chi connectivity index (χ1) is 9.65. The van der Waals surface area contributed by atoms with Gasteiger partial charge < -0.3 is 9.47 Å². The lowest BCUT2D eigenvalue weighted by molar-refractivity contribution is -0.139. The molecule has 7 nitrogen and oxygen atoms in total. The van der Waals surface area contributed by atoms with E-state index in [1.165, 1.54) is 18.9 Å². The number of carbonyl (C=O) groups excluding carboxylic acids is 1. The van der Waals surface area contributed by atoms with E-state index in [1.807, 2.05) is 6.07 Å². The van der Waals surface area contributed by atoms with Crippen LogP contribution in [0.25, 0.3) is 5.69 Å². The smallest absolute Gasteiger partial charge is 0.318 e. The summed E-state index contributed by atoms with van der Waals surface area (Å²) in [4.78, 5) is 15.6. The van der Waals surface area contributed by atoms with Gasteiger partial charge in [-0.05, 0) is 13.0 Å². The van der Waals surface area contributed by atoms with Gasteiger partial charge in [0, 0.05) is 6.07 Å². The normalized spacial score (nSPS) is 11.9. The summed E-state index contributed by atoms with van der Waals surface area (Å²) in [6.45, 7) is 1.75. The van der Waals surface area contributed by atoms with Crippen LogP contribution >= 0.6 is 11.8 Å². The minimum absolute atomic E-state index is 0.308. The molecule has 2 heterocycles. The Balaban J connectivity index is 2.21. The van der Waals surface area contributed by atoms with Crippen LogP contribution in [-0.2, 0) is 9.53 Å². The summed E-state index contributed by atoms with van der Waals surface area (Å²) >= 11 is 1.27. The molecular formula is C12H14N4O3S. The molecule has 106 valence electrons. The van der Waals surface area contributed by atoms with E-state index in [1.54, 1.807) is 37.2 Å². The van der Waals surface area contributed by atoms with Gasteiger partial charge in [-0.1, -0.05) is 11.8 Å². The van der Waals surface area contributed by atoms with Gasteiger partial charge in [0.1, 0.15) is 11.6 Å². The van der Waals surface area contributed by atoms with Gasteiger partial charge in [-0.3, -0.25) is 9.36 Å². The number of carbonyl (C=O) groups is 1. The van der Waals surface area contributed by atoms with Gasteiger partial charge in [-0.2, -0.15) is 0 Å². The molecule has 0 bridgehead atoms. The third kappa shape index (κ3) is 3.08. The van der Waals surface area contributed by atoms with E-state index in [0.29, 0.717) is 11.0 Å². The number of ether oxygens (including phenoxy) is 2. The minimum Gasteiger partial charge on any atom is -0.481 e. The molecule has 0 aliphatic rings. The number of hydrogen-bond donors (Lipinski definition) is 0. The van der Waals surface area contributed by atoms with Crippen LogP contribution in [0.4, 0.5) is 0 Å². The van der Waals surface area contributed by atoms with Crippen LogP contribution in [0.15, 0.2) is 29.8 Å². The lowest BCUT2D eigenvalue weighted by atomic mass is 10.4. The minimum atomic E-state index is -0.367. The lowest BCUT2D eigenvalue weighted by Gasteiger charge is -2.10. The molecule has 0 fully saturated rings. The predicted octanol–water partition coefficient (Wildman–Crippen LogP) is 1.32. The summed E-state index contributed by atoms with van der Waals surface area (Å²) < 4.78 is 11.4. The Kier molecular flexibility index (Phi) is 4.57. The number of methoxy groups -OCH3 is 2. The van der Waals surface area contributed by atoms with Crippen LogP contribution in [0.1, 0.15) is 6.92 Å². The maximum absolute atomic E-state index is 11.4.